The zero-order valence-electron chi connectivity index (χ0n) is 10.4. The molecule has 0 saturated heterocycles. The normalized spacial score (nSPS) is 16.0. The average Bonchev–Trinajstić information content (AvgIpc) is 2.69. The van der Waals surface area contributed by atoms with Crippen molar-refractivity contribution in [2.24, 2.45) is 5.16 Å². The van der Waals surface area contributed by atoms with Crippen molar-refractivity contribution in [2.75, 3.05) is 6.61 Å². The largest absolute Gasteiger partial charge is 0.546 e. The third-order valence-corrected chi connectivity index (χ3v) is 3.11. The van der Waals surface area contributed by atoms with Gasteiger partial charge in [0.25, 0.3) is 0 Å². The Balaban J connectivity index is 2.21. The Bertz CT molecular complexity index is 636. The monoisotopic (exact) mass is 338 g/mol. The summed E-state index contributed by atoms with van der Waals surface area (Å²) in [6, 6.07) is 4.96. The van der Waals surface area contributed by atoms with Gasteiger partial charge in [-0.2, -0.15) is 0 Å². The fraction of sp³-hybridized carbons (Fsp3) is 0.154. The molecule has 0 spiro atoms. The molecular formula is C13H9BrNO5-. The molecule has 104 valence electrons. The van der Waals surface area contributed by atoms with E-state index in [2.05, 4.69) is 25.9 Å². The standard InChI is InChI=1S/C13H10BrNO5/c1-7-9(13(18)20-15-7)4-8-2-3-11(10(14)5-8)19-6-12(16)17/h2-5H,6H2,1H3,(H,16,17)/p-1/b9-4-. The molecule has 1 aliphatic rings. The smallest absolute Gasteiger partial charge is 0.367 e. The molecule has 20 heavy (non-hydrogen) atoms. The van der Waals surface area contributed by atoms with Gasteiger partial charge in [0.15, 0.2) is 0 Å². The molecule has 7 heteroatoms. The van der Waals surface area contributed by atoms with Gasteiger partial charge < -0.3 is 19.5 Å². The first kappa shape index (κ1) is 14.3. The Morgan fingerprint density at radius 3 is 2.85 bits per heavy atom. The average molecular weight is 339 g/mol. The summed E-state index contributed by atoms with van der Waals surface area (Å²) in [7, 11) is 0. The number of aliphatic carboxylic acids is 1. The van der Waals surface area contributed by atoms with Crippen LogP contribution in [-0.2, 0) is 14.4 Å². The van der Waals surface area contributed by atoms with E-state index in [1.165, 1.54) is 0 Å². The Morgan fingerprint density at radius 1 is 1.55 bits per heavy atom. The van der Waals surface area contributed by atoms with E-state index in [1.807, 2.05) is 0 Å². The van der Waals surface area contributed by atoms with Crippen molar-refractivity contribution in [3.63, 3.8) is 0 Å². The molecule has 0 saturated carbocycles. The number of hydrogen-bond donors (Lipinski definition) is 0. The second kappa shape index (κ2) is 5.87. The van der Waals surface area contributed by atoms with Gasteiger partial charge >= 0.3 is 5.97 Å². The van der Waals surface area contributed by atoms with E-state index in [1.54, 1.807) is 31.2 Å². The highest BCUT2D eigenvalue weighted by Gasteiger charge is 2.21. The summed E-state index contributed by atoms with van der Waals surface area (Å²) in [6.45, 7) is 1.14. The van der Waals surface area contributed by atoms with Crippen LogP contribution >= 0.6 is 15.9 Å². The van der Waals surface area contributed by atoms with Gasteiger partial charge in [-0.25, -0.2) is 4.79 Å². The molecule has 6 nitrogen and oxygen atoms in total. The Labute approximate surface area is 122 Å². The predicted octanol–water partition coefficient (Wildman–Crippen LogP) is 0.894. The highest BCUT2D eigenvalue weighted by Crippen LogP contribution is 2.27. The van der Waals surface area contributed by atoms with Gasteiger partial charge in [0, 0.05) is 0 Å². The highest BCUT2D eigenvalue weighted by atomic mass is 79.9. The van der Waals surface area contributed by atoms with E-state index < -0.39 is 18.5 Å². The van der Waals surface area contributed by atoms with Crippen LogP contribution in [0.3, 0.4) is 0 Å². The number of nitrogens with zero attached hydrogens (tertiary/aromatic N) is 1. The third kappa shape index (κ3) is 3.24. The predicted molar refractivity (Wildman–Crippen MR) is 71.8 cm³/mol. The van der Waals surface area contributed by atoms with Crippen molar-refractivity contribution in [1.29, 1.82) is 0 Å². The number of rotatable bonds is 4. The molecule has 1 aromatic rings. The Kier molecular flexibility index (Phi) is 4.19. The van der Waals surface area contributed by atoms with Gasteiger partial charge in [-0.05, 0) is 46.6 Å². The molecule has 1 heterocycles. The van der Waals surface area contributed by atoms with Gasteiger partial charge in [-0.1, -0.05) is 11.2 Å². The number of carboxylic acid groups (broad SMARTS) is 1. The first-order valence-electron chi connectivity index (χ1n) is 5.57. The molecule has 0 aliphatic carbocycles. The number of carbonyl (C=O) groups excluding carboxylic acids is 2. The van der Waals surface area contributed by atoms with E-state index in [0.717, 1.165) is 5.56 Å². The van der Waals surface area contributed by atoms with E-state index in [0.29, 0.717) is 21.5 Å². The van der Waals surface area contributed by atoms with Gasteiger partial charge in [0.1, 0.15) is 12.4 Å². The quantitative estimate of drug-likeness (QED) is 0.601. The van der Waals surface area contributed by atoms with Crippen LogP contribution in [0, 0.1) is 0 Å². The van der Waals surface area contributed by atoms with Crippen LogP contribution in [0.25, 0.3) is 6.08 Å². The topological polar surface area (TPSA) is 88.0 Å². The third-order valence-electron chi connectivity index (χ3n) is 2.49. The molecule has 0 fully saturated rings. The number of carbonyl (C=O) groups is 2. The fourth-order valence-electron chi connectivity index (χ4n) is 1.55. The second-order valence-corrected chi connectivity index (χ2v) is 4.82. The van der Waals surface area contributed by atoms with Crippen molar-refractivity contribution in [3.05, 3.63) is 33.8 Å². The minimum atomic E-state index is -1.30. The minimum Gasteiger partial charge on any atom is -0.546 e. The maximum absolute atomic E-state index is 11.4. The lowest BCUT2D eigenvalue weighted by Gasteiger charge is -2.09. The fourth-order valence-corrected chi connectivity index (χ4v) is 2.06. The molecule has 0 N–H and O–H groups in total. The van der Waals surface area contributed by atoms with E-state index in [4.69, 9.17) is 4.74 Å². The molecule has 0 atom stereocenters. The SMILES string of the molecule is CC1=NOC(=O)/C1=C\c1ccc(OCC(=O)[O-])c(Br)c1. The van der Waals surface area contributed by atoms with Gasteiger partial charge in [-0.3, -0.25) is 0 Å². The van der Waals surface area contributed by atoms with Crippen molar-refractivity contribution >= 4 is 39.7 Å². The molecule has 1 aliphatic heterocycles. The molecule has 0 aromatic heterocycles. The lowest BCUT2D eigenvalue weighted by molar-refractivity contribution is -0.307. The highest BCUT2D eigenvalue weighted by molar-refractivity contribution is 9.10. The van der Waals surface area contributed by atoms with Crippen LogP contribution in [0.2, 0.25) is 0 Å². The maximum Gasteiger partial charge on any atom is 0.367 e. The van der Waals surface area contributed by atoms with Gasteiger partial charge in [-0.15, -0.1) is 0 Å². The summed E-state index contributed by atoms with van der Waals surface area (Å²) in [6.07, 6.45) is 1.63. The van der Waals surface area contributed by atoms with E-state index in [9.17, 15) is 14.7 Å². The summed E-state index contributed by atoms with van der Waals surface area (Å²) >= 11 is 3.26. The minimum absolute atomic E-state index is 0.371. The summed E-state index contributed by atoms with van der Waals surface area (Å²) in [5.41, 5.74) is 1.60. The number of carboxylic acids is 1. The van der Waals surface area contributed by atoms with Crippen molar-refractivity contribution < 1.29 is 24.3 Å². The molecule has 0 amide bonds. The van der Waals surface area contributed by atoms with Crippen molar-refractivity contribution in [1.82, 2.24) is 0 Å². The zero-order valence-corrected chi connectivity index (χ0v) is 12.0. The number of ether oxygens (including phenoxy) is 1. The Hall–Kier alpha value is -2.15. The number of hydrogen-bond acceptors (Lipinski definition) is 6. The van der Waals surface area contributed by atoms with Crippen LogP contribution in [0.1, 0.15) is 12.5 Å². The lowest BCUT2D eigenvalue weighted by atomic mass is 10.1. The van der Waals surface area contributed by atoms with Crippen LogP contribution in [0.5, 0.6) is 5.75 Å². The second-order valence-electron chi connectivity index (χ2n) is 3.96. The van der Waals surface area contributed by atoms with Crippen molar-refractivity contribution in [3.8, 4) is 5.75 Å². The zero-order chi connectivity index (χ0) is 14.7. The van der Waals surface area contributed by atoms with Crippen molar-refractivity contribution in [2.45, 2.75) is 6.92 Å². The lowest BCUT2D eigenvalue weighted by Crippen LogP contribution is -2.29. The maximum atomic E-state index is 11.4. The van der Waals surface area contributed by atoms with E-state index >= 15 is 0 Å². The van der Waals surface area contributed by atoms with E-state index in [-0.39, 0.29) is 0 Å². The number of halogens is 1. The van der Waals surface area contributed by atoms with Gasteiger partial charge in [0.05, 0.1) is 21.7 Å². The van der Waals surface area contributed by atoms with Crippen LogP contribution in [-0.4, -0.2) is 24.3 Å². The molecular weight excluding hydrogens is 330 g/mol. The van der Waals surface area contributed by atoms with Crippen LogP contribution < -0.4 is 9.84 Å². The van der Waals surface area contributed by atoms with Gasteiger partial charge in [0.2, 0.25) is 0 Å². The molecule has 0 bridgehead atoms. The summed E-state index contributed by atoms with van der Waals surface area (Å²) in [5.74, 6) is -1.43. The molecule has 2 rings (SSSR count). The molecule has 0 radical (unpaired) electrons. The summed E-state index contributed by atoms with van der Waals surface area (Å²) in [4.78, 5) is 26.3. The van der Waals surface area contributed by atoms with Crippen LogP contribution in [0.4, 0.5) is 0 Å². The molecule has 1 aromatic carbocycles. The summed E-state index contributed by atoms with van der Waals surface area (Å²) < 4.78 is 5.58. The van der Waals surface area contributed by atoms with Crippen LogP contribution in [0.15, 0.2) is 33.4 Å². The Morgan fingerprint density at radius 2 is 2.30 bits per heavy atom. The first-order chi connectivity index (χ1) is 9.47. The number of benzene rings is 1. The first-order valence-corrected chi connectivity index (χ1v) is 6.37. The number of oxime groups is 1. The summed E-state index contributed by atoms with van der Waals surface area (Å²) in [5, 5.41) is 13.9. The molecule has 0 unspecified atom stereocenters.